The average molecular weight is 231 g/mol. The van der Waals surface area contributed by atoms with Gasteiger partial charge in [-0.05, 0) is 18.1 Å². The van der Waals surface area contributed by atoms with Crippen LogP contribution in [0.1, 0.15) is 35.8 Å². The van der Waals surface area contributed by atoms with E-state index >= 15 is 0 Å². The van der Waals surface area contributed by atoms with Crippen LogP contribution in [0.15, 0.2) is 30.7 Å². The van der Waals surface area contributed by atoms with Crippen LogP contribution >= 0.6 is 0 Å². The van der Waals surface area contributed by atoms with E-state index in [2.05, 4.69) is 10.1 Å². The zero-order chi connectivity index (χ0) is 12.4. The van der Waals surface area contributed by atoms with Crippen molar-refractivity contribution in [2.75, 3.05) is 0 Å². The van der Waals surface area contributed by atoms with Crippen molar-refractivity contribution in [2.45, 2.75) is 19.8 Å². The van der Waals surface area contributed by atoms with E-state index in [1.807, 2.05) is 19.9 Å². The van der Waals surface area contributed by atoms with Gasteiger partial charge in [0.1, 0.15) is 0 Å². The minimum Gasteiger partial charge on any atom is -0.478 e. The summed E-state index contributed by atoms with van der Waals surface area (Å²) in [6.45, 7) is 4.07. The van der Waals surface area contributed by atoms with Crippen molar-refractivity contribution in [3.63, 3.8) is 0 Å². The van der Waals surface area contributed by atoms with Crippen LogP contribution in [0.4, 0.5) is 0 Å². The summed E-state index contributed by atoms with van der Waals surface area (Å²) in [5.41, 5.74) is 1.59. The first-order chi connectivity index (χ1) is 8.09. The molecule has 88 valence electrons. The maximum atomic E-state index is 11.1. The molecule has 17 heavy (non-hydrogen) atoms. The number of carbonyl (C=O) groups is 1. The molecule has 0 atom stereocenters. The number of aromatic nitrogens is 3. The summed E-state index contributed by atoms with van der Waals surface area (Å²) in [6.07, 6.45) is 4.71. The maximum Gasteiger partial charge on any atom is 0.338 e. The number of carboxylic acid groups (broad SMARTS) is 1. The second kappa shape index (κ2) is 4.37. The molecule has 2 aromatic heterocycles. The number of carboxylic acids is 1. The molecule has 2 rings (SSSR count). The van der Waals surface area contributed by atoms with Gasteiger partial charge in [0.05, 0.1) is 23.1 Å². The van der Waals surface area contributed by atoms with Crippen molar-refractivity contribution >= 4 is 5.97 Å². The maximum absolute atomic E-state index is 11.1. The standard InChI is InChI=1S/C12H13N3O2/c1-8(2)10-4-6-15(14-10)11-7-13-5-3-9(11)12(16)17/h3-8H,1-2H3,(H,16,17). The molecule has 0 saturated carbocycles. The summed E-state index contributed by atoms with van der Waals surface area (Å²) in [5.74, 6) is -0.676. The molecule has 2 aromatic rings. The Balaban J connectivity index is 2.49. The number of rotatable bonds is 3. The first-order valence-electron chi connectivity index (χ1n) is 5.33. The molecular formula is C12H13N3O2. The van der Waals surface area contributed by atoms with Crippen LogP contribution in [0.25, 0.3) is 5.69 Å². The highest BCUT2D eigenvalue weighted by Crippen LogP contribution is 2.16. The van der Waals surface area contributed by atoms with Crippen molar-refractivity contribution in [2.24, 2.45) is 0 Å². The summed E-state index contributed by atoms with van der Waals surface area (Å²) >= 11 is 0. The molecule has 2 heterocycles. The van der Waals surface area contributed by atoms with Crippen molar-refractivity contribution in [1.82, 2.24) is 14.8 Å². The average Bonchev–Trinajstić information content (AvgIpc) is 2.78. The van der Waals surface area contributed by atoms with E-state index in [-0.39, 0.29) is 5.56 Å². The summed E-state index contributed by atoms with van der Waals surface area (Å²) in [7, 11) is 0. The van der Waals surface area contributed by atoms with Gasteiger partial charge in [0.2, 0.25) is 0 Å². The van der Waals surface area contributed by atoms with Gasteiger partial charge >= 0.3 is 5.97 Å². The van der Waals surface area contributed by atoms with Crippen molar-refractivity contribution in [3.05, 3.63) is 42.0 Å². The predicted molar refractivity (Wildman–Crippen MR) is 62.4 cm³/mol. The van der Waals surface area contributed by atoms with Crippen LogP contribution in [0.3, 0.4) is 0 Å². The lowest BCUT2D eigenvalue weighted by atomic mass is 10.1. The Kier molecular flexibility index (Phi) is 2.91. The van der Waals surface area contributed by atoms with Crippen LogP contribution in [0, 0.1) is 0 Å². The molecule has 0 aliphatic heterocycles. The molecule has 5 nitrogen and oxygen atoms in total. The SMILES string of the molecule is CC(C)c1ccn(-c2cnccc2C(=O)O)n1. The minimum atomic E-state index is -0.982. The molecule has 0 radical (unpaired) electrons. The van der Waals surface area contributed by atoms with Gasteiger partial charge in [0.25, 0.3) is 0 Å². The number of hydrogen-bond acceptors (Lipinski definition) is 3. The Morgan fingerprint density at radius 1 is 1.41 bits per heavy atom. The summed E-state index contributed by atoms with van der Waals surface area (Å²) in [5, 5.41) is 13.4. The van der Waals surface area contributed by atoms with Crippen LogP contribution in [-0.4, -0.2) is 25.8 Å². The van der Waals surface area contributed by atoms with E-state index < -0.39 is 5.97 Å². The molecular weight excluding hydrogens is 218 g/mol. The van der Waals surface area contributed by atoms with Crippen molar-refractivity contribution in [3.8, 4) is 5.69 Å². The normalized spacial score (nSPS) is 10.8. The van der Waals surface area contributed by atoms with Gasteiger partial charge in [-0.2, -0.15) is 5.10 Å². The van der Waals surface area contributed by atoms with Gasteiger partial charge in [0, 0.05) is 12.4 Å². The second-order valence-corrected chi connectivity index (χ2v) is 4.04. The first-order valence-corrected chi connectivity index (χ1v) is 5.33. The van der Waals surface area contributed by atoms with E-state index in [0.717, 1.165) is 5.69 Å². The smallest absolute Gasteiger partial charge is 0.338 e. The largest absolute Gasteiger partial charge is 0.478 e. The highest BCUT2D eigenvalue weighted by Gasteiger charge is 2.13. The van der Waals surface area contributed by atoms with E-state index in [9.17, 15) is 4.79 Å². The van der Waals surface area contributed by atoms with Gasteiger partial charge < -0.3 is 5.11 Å². The molecule has 0 aliphatic carbocycles. The first kappa shape index (κ1) is 11.3. The molecule has 5 heteroatoms. The summed E-state index contributed by atoms with van der Waals surface area (Å²) in [4.78, 5) is 15.0. The third-order valence-corrected chi connectivity index (χ3v) is 2.48. The second-order valence-electron chi connectivity index (χ2n) is 4.04. The molecule has 0 spiro atoms. The molecule has 0 amide bonds. The molecule has 0 aromatic carbocycles. The van der Waals surface area contributed by atoms with Gasteiger partial charge in [-0.1, -0.05) is 13.8 Å². The third-order valence-electron chi connectivity index (χ3n) is 2.48. The number of aromatic carboxylic acids is 1. The third kappa shape index (κ3) is 2.18. The van der Waals surface area contributed by atoms with Crippen LogP contribution in [0.2, 0.25) is 0 Å². The number of hydrogen-bond donors (Lipinski definition) is 1. The predicted octanol–water partition coefficient (Wildman–Crippen LogP) is 2.09. The zero-order valence-corrected chi connectivity index (χ0v) is 9.66. The van der Waals surface area contributed by atoms with E-state index in [0.29, 0.717) is 11.6 Å². The Hall–Kier alpha value is -2.17. The summed E-state index contributed by atoms with van der Waals surface area (Å²) < 4.78 is 1.55. The van der Waals surface area contributed by atoms with Gasteiger partial charge in [-0.3, -0.25) is 4.98 Å². The fourth-order valence-corrected chi connectivity index (χ4v) is 1.53. The van der Waals surface area contributed by atoms with Gasteiger partial charge in [0.15, 0.2) is 0 Å². The molecule has 0 unspecified atom stereocenters. The van der Waals surface area contributed by atoms with Gasteiger partial charge in [-0.25, -0.2) is 9.48 Å². The van der Waals surface area contributed by atoms with Crippen LogP contribution in [0.5, 0.6) is 0 Å². The Morgan fingerprint density at radius 3 is 2.76 bits per heavy atom. The molecule has 0 fully saturated rings. The fourth-order valence-electron chi connectivity index (χ4n) is 1.53. The van der Waals surface area contributed by atoms with E-state index in [4.69, 9.17) is 5.11 Å². The monoisotopic (exact) mass is 231 g/mol. The van der Waals surface area contributed by atoms with E-state index in [1.165, 1.54) is 18.5 Å². The van der Waals surface area contributed by atoms with Crippen molar-refractivity contribution in [1.29, 1.82) is 0 Å². The van der Waals surface area contributed by atoms with Crippen LogP contribution < -0.4 is 0 Å². The molecule has 0 saturated heterocycles. The lowest BCUT2D eigenvalue weighted by Crippen LogP contribution is -2.06. The lowest BCUT2D eigenvalue weighted by molar-refractivity contribution is 0.0696. The Bertz CT molecular complexity index is 546. The highest BCUT2D eigenvalue weighted by molar-refractivity contribution is 5.91. The Labute approximate surface area is 98.7 Å². The van der Waals surface area contributed by atoms with Crippen LogP contribution in [-0.2, 0) is 0 Å². The van der Waals surface area contributed by atoms with E-state index in [1.54, 1.807) is 10.9 Å². The highest BCUT2D eigenvalue weighted by atomic mass is 16.4. The molecule has 0 bridgehead atoms. The lowest BCUT2D eigenvalue weighted by Gasteiger charge is -2.05. The zero-order valence-electron chi connectivity index (χ0n) is 9.66. The Morgan fingerprint density at radius 2 is 2.18 bits per heavy atom. The summed E-state index contributed by atoms with van der Waals surface area (Å²) in [6, 6.07) is 3.34. The van der Waals surface area contributed by atoms with Gasteiger partial charge in [-0.15, -0.1) is 0 Å². The fraction of sp³-hybridized carbons (Fsp3) is 0.250. The topological polar surface area (TPSA) is 68.0 Å². The quantitative estimate of drug-likeness (QED) is 0.878. The molecule has 0 aliphatic rings. The molecule has 1 N–H and O–H groups in total. The number of nitrogens with zero attached hydrogens (tertiary/aromatic N) is 3. The van der Waals surface area contributed by atoms with Crippen molar-refractivity contribution < 1.29 is 9.90 Å². The minimum absolute atomic E-state index is 0.193. The number of pyridine rings is 1.